The number of rotatable bonds is 8. The number of allylic oxidation sites excluding steroid dienone is 4. The first-order chi connectivity index (χ1) is 15.5. The average molecular weight is 432 g/mol. The number of oxazole rings is 1. The van der Waals surface area contributed by atoms with Crippen LogP contribution in [0, 0.1) is 5.92 Å². The van der Waals surface area contributed by atoms with E-state index in [-0.39, 0.29) is 5.91 Å². The first-order valence-electron chi connectivity index (χ1n) is 10.9. The number of nitrogens with one attached hydrogen (secondary N) is 1. The van der Waals surface area contributed by atoms with Crippen molar-refractivity contribution in [2.75, 3.05) is 26.0 Å². The van der Waals surface area contributed by atoms with Gasteiger partial charge in [-0.15, -0.1) is 0 Å². The Labute approximate surface area is 188 Å². The summed E-state index contributed by atoms with van der Waals surface area (Å²) in [7, 11) is 3.50. The zero-order valence-corrected chi connectivity index (χ0v) is 18.8. The van der Waals surface area contributed by atoms with Crippen LogP contribution >= 0.6 is 0 Å². The van der Waals surface area contributed by atoms with Crippen LogP contribution in [0.25, 0.3) is 11.1 Å². The highest BCUT2D eigenvalue weighted by atomic mass is 16.5. The molecule has 0 bridgehead atoms. The van der Waals surface area contributed by atoms with Crippen LogP contribution in [-0.2, 0) is 17.6 Å². The molecule has 166 valence electrons. The van der Waals surface area contributed by atoms with Gasteiger partial charge in [-0.25, -0.2) is 0 Å². The Bertz CT molecular complexity index is 1160. The van der Waals surface area contributed by atoms with E-state index in [4.69, 9.17) is 9.15 Å². The van der Waals surface area contributed by atoms with Crippen LogP contribution in [0.2, 0.25) is 0 Å². The molecule has 1 unspecified atom stereocenters. The summed E-state index contributed by atoms with van der Waals surface area (Å²) < 4.78 is 11.2. The number of fused-ring (bicyclic) bond motifs is 1. The standard InChI is InChI=1S/C26H29N3O3/c1-18-6-4-8-21(14-18)27-26-28-23-11-10-20(16-24(23)32-26)17-25(30)29(2)13-12-19-7-5-9-22(15-19)31-3/h4-11,15-16,18H,12-14,17H2,1-3H3,(H,27,28). The lowest BCUT2D eigenvalue weighted by atomic mass is 10.0. The van der Waals surface area contributed by atoms with Crippen molar-refractivity contribution in [2.45, 2.75) is 26.2 Å². The van der Waals surface area contributed by atoms with Gasteiger partial charge in [0.1, 0.15) is 11.3 Å². The molecule has 1 aliphatic rings. The second kappa shape index (κ2) is 9.73. The second-order valence-electron chi connectivity index (χ2n) is 8.30. The van der Waals surface area contributed by atoms with Gasteiger partial charge in [0.15, 0.2) is 5.58 Å². The third kappa shape index (κ3) is 5.38. The lowest BCUT2D eigenvalue weighted by Crippen LogP contribution is -2.30. The van der Waals surface area contributed by atoms with Crippen molar-refractivity contribution in [3.63, 3.8) is 0 Å². The topological polar surface area (TPSA) is 67.6 Å². The van der Waals surface area contributed by atoms with E-state index < -0.39 is 0 Å². The minimum atomic E-state index is 0.0678. The summed E-state index contributed by atoms with van der Waals surface area (Å²) in [5.41, 5.74) is 4.59. The molecule has 2 aromatic carbocycles. The summed E-state index contributed by atoms with van der Waals surface area (Å²) in [4.78, 5) is 19.0. The molecular weight excluding hydrogens is 402 g/mol. The van der Waals surface area contributed by atoms with Gasteiger partial charge < -0.3 is 19.4 Å². The average Bonchev–Trinajstić information content (AvgIpc) is 3.19. The fraction of sp³-hybridized carbons (Fsp3) is 0.308. The number of aromatic nitrogens is 1. The van der Waals surface area contributed by atoms with Gasteiger partial charge in [0.05, 0.1) is 13.5 Å². The number of methoxy groups -OCH3 is 1. The van der Waals surface area contributed by atoms with E-state index in [1.165, 1.54) is 0 Å². The van der Waals surface area contributed by atoms with E-state index in [1.54, 1.807) is 12.0 Å². The molecule has 0 saturated heterocycles. The van der Waals surface area contributed by atoms with Gasteiger partial charge in [0, 0.05) is 19.3 Å². The zero-order chi connectivity index (χ0) is 22.5. The lowest BCUT2D eigenvalue weighted by molar-refractivity contribution is -0.129. The van der Waals surface area contributed by atoms with Gasteiger partial charge in [0.2, 0.25) is 5.91 Å². The Hall–Kier alpha value is -3.54. The highest BCUT2D eigenvalue weighted by molar-refractivity contribution is 5.81. The predicted molar refractivity (Wildman–Crippen MR) is 127 cm³/mol. The maximum atomic E-state index is 12.7. The van der Waals surface area contributed by atoms with Gasteiger partial charge in [-0.1, -0.05) is 37.3 Å². The minimum Gasteiger partial charge on any atom is -0.497 e. The molecule has 0 aliphatic heterocycles. The molecule has 1 heterocycles. The molecule has 1 amide bonds. The zero-order valence-electron chi connectivity index (χ0n) is 18.8. The van der Waals surface area contributed by atoms with Gasteiger partial charge >= 0.3 is 0 Å². The van der Waals surface area contributed by atoms with Crippen LogP contribution < -0.4 is 10.1 Å². The molecule has 6 heteroatoms. The molecule has 0 saturated carbocycles. The van der Waals surface area contributed by atoms with Gasteiger partial charge in [-0.05, 0) is 60.2 Å². The van der Waals surface area contributed by atoms with Crippen molar-refractivity contribution >= 4 is 23.0 Å². The number of anilines is 1. The normalized spacial score (nSPS) is 15.5. The van der Waals surface area contributed by atoms with E-state index in [0.717, 1.165) is 40.9 Å². The third-order valence-electron chi connectivity index (χ3n) is 5.65. The summed E-state index contributed by atoms with van der Waals surface area (Å²) in [5.74, 6) is 1.39. The summed E-state index contributed by atoms with van der Waals surface area (Å²) in [6, 6.07) is 14.2. The van der Waals surface area contributed by atoms with Crippen molar-refractivity contribution in [1.29, 1.82) is 0 Å². The van der Waals surface area contributed by atoms with Crippen LogP contribution in [0.3, 0.4) is 0 Å². The molecule has 1 aromatic heterocycles. The number of ether oxygens (including phenoxy) is 1. The molecule has 1 N–H and O–H groups in total. The number of carbonyl (C=O) groups excluding carboxylic acids is 1. The summed E-state index contributed by atoms with van der Waals surface area (Å²) in [5, 5.41) is 3.27. The predicted octanol–water partition coefficient (Wildman–Crippen LogP) is 4.97. The Balaban J connectivity index is 1.36. The molecule has 4 rings (SSSR count). The van der Waals surface area contributed by atoms with Crippen LogP contribution in [0.15, 0.2) is 70.8 Å². The van der Waals surface area contributed by atoms with Gasteiger partial charge in [0.25, 0.3) is 6.01 Å². The Kier molecular flexibility index (Phi) is 6.59. The van der Waals surface area contributed by atoms with Crippen molar-refractivity contribution in [2.24, 2.45) is 5.92 Å². The number of nitrogens with zero attached hydrogens (tertiary/aromatic N) is 2. The van der Waals surface area contributed by atoms with Crippen molar-refractivity contribution < 1.29 is 13.9 Å². The summed E-state index contributed by atoms with van der Waals surface area (Å²) >= 11 is 0. The van der Waals surface area contributed by atoms with E-state index >= 15 is 0 Å². The van der Waals surface area contributed by atoms with Crippen LogP contribution in [0.4, 0.5) is 6.01 Å². The molecule has 3 aromatic rings. The number of amides is 1. The molecule has 0 fully saturated rings. The van der Waals surface area contributed by atoms with Crippen molar-refractivity contribution in [3.05, 3.63) is 77.5 Å². The summed E-state index contributed by atoms with van der Waals surface area (Å²) in [6.07, 6.45) is 8.29. The summed E-state index contributed by atoms with van der Waals surface area (Å²) in [6.45, 7) is 2.82. The number of carbonyl (C=O) groups is 1. The smallest absolute Gasteiger partial charge is 0.300 e. The van der Waals surface area contributed by atoms with Crippen LogP contribution in [0.1, 0.15) is 24.5 Å². The van der Waals surface area contributed by atoms with Crippen LogP contribution in [0.5, 0.6) is 5.75 Å². The first-order valence-corrected chi connectivity index (χ1v) is 10.9. The molecule has 0 radical (unpaired) electrons. The fourth-order valence-corrected chi connectivity index (χ4v) is 3.77. The van der Waals surface area contributed by atoms with Crippen molar-refractivity contribution in [1.82, 2.24) is 9.88 Å². The third-order valence-corrected chi connectivity index (χ3v) is 5.65. The number of hydrogen-bond donors (Lipinski definition) is 1. The van der Waals surface area contributed by atoms with Gasteiger partial charge in [-0.2, -0.15) is 4.98 Å². The Morgan fingerprint density at radius 3 is 2.94 bits per heavy atom. The monoisotopic (exact) mass is 431 g/mol. The van der Waals surface area contributed by atoms with E-state index in [1.807, 2.05) is 61.7 Å². The van der Waals surface area contributed by atoms with E-state index in [0.29, 0.717) is 30.5 Å². The SMILES string of the molecule is COc1cccc(CCN(C)C(=O)Cc2ccc3nc(NC4=CC=CC(C)C4)oc3c2)c1. The molecule has 32 heavy (non-hydrogen) atoms. The highest BCUT2D eigenvalue weighted by Gasteiger charge is 2.14. The molecule has 1 atom stereocenters. The Morgan fingerprint density at radius 1 is 1.25 bits per heavy atom. The minimum absolute atomic E-state index is 0.0678. The van der Waals surface area contributed by atoms with Gasteiger partial charge in [-0.3, -0.25) is 4.79 Å². The molecule has 0 spiro atoms. The second-order valence-corrected chi connectivity index (χ2v) is 8.30. The Morgan fingerprint density at radius 2 is 2.12 bits per heavy atom. The molecule has 1 aliphatic carbocycles. The largest absolute Gasteiger partial charge is 0.497 e. The maximum Gasteiger partial charge on any atom is 0.300 e. The molecular formula is C26H29N3O3. The quantitative estimate of drug-likeness (QED) is 0.545. The number of benzene rings is 2. The van der Waals surface area contributed by atoms with Crippen molar-refractivity contribution in [3.8, 4) is 5.75 Å². The molecule has 6 nitrogen and oxygen atoms in total. The number of likely N-dealkylation sites (N-methyl/N-ethyl adjacent to an activating group) is 1. The van der Waals surface area contributed by atoms with E-state index in [9.17, 15) is 4.79 Å². The first kappa shape index (κ1) is 21.7. The van der Waals surface area contributed by atoms with Crippen LogP contribution in [-0.4, -0.2) is 36.5 Å². The highest BCUT2D eigenvalue weighted by Crippen LogP contribution is 2.24. The number of hydrogen-bond acceptors (Lipinski definition) is 5. The van der Waals surface area contributed by atoms with E-state index in [2.05, 4.69) is 23.3 Å². The fourth-order valence-electron chi connectivity index (χ4n) is 3.77. The lowest BCUT2D eigenvalue weighted by Gasteiger charge is -2.17. The maximum absolute atomic E-state index is 12.7.